The molecule has 1 saturated heterocycles. The Hall–Kier alpha value is -1.85. The van der Waals surface area contributed by atoms with Gasteiger partial charge in [0.25, 0.3) is 0 Å². The number of benzene rings is 2. The van der Waals surface area contributed by atoms with Crippen molar-refractivity contribution in [2.45, 2.75) is 19.4 Å². The molecule has 2 amide bonds. The van der Waals surface area contributed by atoms with E-state index in [-0.39, 0.29) is 30.2 Å². The molecule has 2 atom stereocenters. The summed E-state index contributed by atoms with van der Waals surface area (Å²) in [5, 5.41) is 3.29. The first-order valence-corrected chi connectivity index (χ1v) is 9.23. The Labute approximate surface area is 160 Å². The molecule has 4 nitrogen and oxygen atoms in total. The van der Waals surface area contributed by atoms with Gasteiger partial charge in [0.05, 0.1) is 22.7 Å². The minimum atomic E-state index is -0.377. The lowest BCUT2D eigenvalue weighted by atomic mass is 10.1. The van der Waals surface area contributed by atoms with Crippen LogP contribution in [0.3, 0.4) is 0 Å². The van der Waals surface area contributed by atoms with E-state index in [1.54, 1.807) is 17.0 Å². The monoisotopic (exact) mass is 420 g/mol. The van der Waals surface area contributed by atoms with Crippen LogP contribution in [0.1, 0.15) is 24.9 Å². The molecule has 2 aromatic rings. The van der Waals surface area contributed by atoms with Gasteiger partial charge < -0.3 is 10.2 Å². The molecule has 1 heterocycles. The first-order valence-electron chi connectivity index (χ1n) is 8.06. The molecule has 0 spiro atoms. The normalized spacial score (nSPS) is 18.3. The smallest absolute Gasteiger partial charge is 0.229 e. The van der Waals surface area contributed by atoms with Crippen molar-refractivity contribution in [1.29, 1.82) is 0 Å². The second-order valence-electron chi connectivity index (χ2n) is 6.15. The molecule has 3 rings (SSSR count). The molecule has 1 aliphatic heterocycles. The van der Waals surface area contributed by atoms with Crippen molar-refractivity contribution in [1.82, 2.24) is 4.90 Å². The largest absolute Gasteiger partial charge is 0.335 e. The molecule has 2 aromatic carbocycles. The van der Waals surface area contributed by atoms with Crippen LogP contribution in [0.25, 0.3) is 0 Å². The molecule has 0 bridgehead atoms. The summed E-state index contributed by atoms with van der Waals surface area (Å²) in [7, 11) is 0. The number of likely N-dealkylation sites (tertiary alicyclic amines) is 1. The Kier molecular flexibility index (Phi) is 5.45. The lowest BCUT2D eigenvalue weighted by Crippen LogP contribution is -2.30. The van der Waals surface area contributed by atoms with E-state index >= 15 is 0 Å². The molecule has 130 valence electrons. The Balaban J connectivity index is 1.68. The number of carbonyl (C=O) groups excluding carboxylic acids is 2. The number of anilines is 1. The highest BCUT2D eigenvalue weighted by atomic mass is 79.9. The third kappa shape index (κ3) is 4.05. The average Bonchev–Trinajstić information content (AvgIpc) is 2.99. The summed E-state index contributed by atoms with van der Waals surface area (Å²) < 4.78 is 0.842. The van der Waals surface area contributed by atoms with Crippen LogP contribution in [0.5, 0.6) is 0 Å². The van der Waals surface area contributed by atoms with Crippen molar-refractivity contribution >= 4 is 45.0 Å². The van der Waals surface area contributed by atoms with E-state index in [2.05, 4.69) is 21.2 Å². The second-order valence-corrected chi connectivity index (χ2v) is 7.47. The number of amides is 2. The summed E-state index contributed by atoms with van der Waals surface area (Å²) in [5.74, 6) is -0.558. The molecule has 0 radical (unpaired) electrons. The van der Waals surface area contributed by atoms with Crippen molar-refractivity contribution in [3.8, 4) is 0 Å². The summed E-state index contributed by atoms with van der Waals surface area (Å²) in [6.07, 6.45) is 0.219. The predicted octanol–water partition coefficient (Wildman–Crippen LogP) is 4.65. The highest BCUT2D eigenvalue weighted by molar-refractivity contribution is 9.10. The first kappa shape index (κ1) is 18.0. The predicted molar refractivity (Wildman–Crippen MR) is 102 cm³/mol. The molecule has 0 aliphatic carbocycles. The zero-order chi connectivity index (χ0) is 18.0. The fourth-order valence-corrected chi connectivity index (χ4v) is 3.74. The number of hydrogen-bond donors (Lipinski definition) is 1. The summed E-state index contributed by atoms with van der Waals surface area (Å²) in [6.45, 7) is 2.40. The Bertz CT molecular complexity index is 797. The molecular weight excluding hydrogens is 404 g/mol. The molecule has 1 N–H and O–H groups in total. The van der Waals surface area contributed by atoms with Gasteiger partial charge in [-0.2, -0.15) is 0 Å². The van der Waals surface area contributed by atoms with Crippen molar-refractivity contribution in [2.24, 2.45) is 5.92 Å². The summed E-state index contributed by atoms with van der Waals surface area (Å²) >= 11 is 9.48. The van der Waals surface area contributed by atoms with Gasteiger partial charge in [-0.05, 0) is 30.7 Å². The zero-order valence-electron chi connectivity index (χ0n) is 13.7. The van der Waals surface area contributed by atoms with E-state index in [1.807, 2.05) is 43.3 Å². The average molecular weight is 422 g/mol. The molecule has 0 unspecified atom stereocenters. The highest BCUT2D eigenvalue weighted by Crippen LogP contribution is 2.30. The first-order chi connectivity index (χ1) is 12.0. The van der Waals surface area contributed by atoms with Crippen LogP contribution in [0.2, 0.25) is 5.02 Å². The Morgan fingerprint density at radius 3 is 2.68 bits per heavy atom. The minimum absolute atomic E-state index is 0.00148. The van der Waals surface area contributed by atoms with Crippen LogP contribution in [-0.2, 0) is 9.59 Å². The number of halogens is 2. The molecule has 6 heteroatoms. The van der Waals surface area contributed by atoms with Crippen LogP contribution in [-0.4, -0.2) is 23.3 Å². The summed E-state index contributed by atoms with van der Waals surface area (Å²) in [5.41, 5.74) is 1.62. The third-order valence-corrected chi connectivity index (χ3v) is 5.27. The van der Waals surface area contributed by atoms with Crippen LogP contribution >= 0.6 is 27.5 Å². The van der Waals surface area contributed by atoms with Crippen molar-refractivity contribution in [2.75, 3.05) is 11.9 Å². The van der Waals surface area contributed by atoms with E-state index in [0.717, 1.165) is 10.0 Å². The van der Waals surface area contributed by atoms with Crippen LogP contribution in [0, 0.1) is 5.92 Å². The lowest BCUT2D eigenvalue weighted by Gasteiger charge is -2.25. The highest BCUT2D eigenvalue weighted by Gasteiger charge is 2.37. The van der Waals surface area contributed by atoms with Gasteiger partial charge >= 0.3 is 0 Å². The maximum absolute atomic E-state index is 12.5. The standard InChI is InChI=1S/C19H18BrClN2O2/c1-12(13-5-3-2-4-6-13)23-11-14(9-18(23)24)19(25)22-17-8-7-15(20)10-16(17)21/h2-8,10,12,14H,9,11H2,1H3,(H,22,25)/t12-,14-/m0/s1. The number of nitrogens with one attached hydrogen (secondary N) is 1. The van der Waals surface area contributed by atoms with Gasteiger partial charge in [-0.25, -0.2) is 0 Å². The van der Waals surface area contributed by atoms with Crippen molar-refractivity contribution < 1.29 is 9.59 Å². The maximum atomic E-state index is 12.5. The fourth-order valence-electron chi connectivity index (χ4n) is 3.02. The SMILES string of the molecule is C[C@@H](c1ccccc1)N1C[C@@H](C(=O)Nc2ccc(Br)cc2Cl)CC1=O. The third-order valence-electron chi connectivity index (χ3n) is 4.47. The van der Waals surface area contributed by atoms with Crippen molar-refractivity contribution in [3.63, 3.8) is 0 Å². The van der Waals surface area contributed by atoms with E-state index in [1.165, 1.54) is 0 Å². The van der Waals surface area contributed by atoms with Crippen LogP contribution in [0.15, 0.2) is 53.0 Å². The Morgan fingerprint density at radius 1 is 1.28 bits per heavy atom. The van der Waals surface area contributed by atoms with Gasteiger partial charge in [0.1, 0.15) is 0 Å². The zero-order valence-corrected chi connectivity index (χ0v) is 16.0. The molecule has 0 saturated carbocycles. The van der Waals surface area contributed by atoms with Gasteiger partial charge in [0.2, 0.25) is 11.8 Å². The number of nitrogens with zero attached hydrogens (tertiary/aromatic N) is 1. The molecular formula is C19H18BrClN2O2. The fraction of sp³-hybridized carbons (Fsp3) is 0.263. The quantitative estimate of drug-likeness (QED) is 0.781. The van der Waals surface area contributed by atoms with Gasteiger partial charge in [-0.3, -0.25) is 9.59 Å². The minimum Gasteiger partial charge on any atom is -0.335 e. The molecule has 1 aliphatic rings. The summed E-state index contributed by atoms with van der Waals surface area (Å²) in [4.78, 5) is 26.7. The van der Waals surface area contributed by atoms with E-state index < -0.39 is 0 Å². The second kappa shape index (κ2) is 7.58. The van der Waals surface area contributed by atoms with E-state index in [9.17, 15) is 9.59 Å². The summed E-state index contributed by atoms with van der Waals surface area (Å²) in [6, 6.07) is 15.1. The number of hydrogen-bond acceptors (Lipinski definition) is 2. The van der Waals surface area contributed by atoms with Gasteiger partial charge in [0.15, 0.2) is 0 Å². The van der Waals surface area contributed by atoms with Crippen molar-refractivity contribution in [3.05, 3.63) is 63.6 Å². The molecule has 1 fully saturated rings. The molecule has 25 heavy (non-hydrogen) atoms. The number of rotatable bonds is 4. The van der Waals surface area contributed by atoms with E-state index in [0.29, 0.717) is 17.3 Å². The maximum Gasteiger partial charge on any atom is 0.229 e. The van der Waals surface area contributed by atoms with Crippen LogP contribution < -0.4 is 5.32 Å². The van der Waals surface area contributed by atoms with Gasteiger partial charge in [-0.1, -0.05) is 57.9 Å². The Morgan fingerprint density at radius 2 is 2.00 bits per heavy atom. The van der Waals surface area contributed by atoms with Crippen LogP contribution in [0.4, 0.5) is 5.69 Å². The lowest BCUT2D eigenvalue weighted by molar-refractivity contribution is -0.129. The molecule has 0 aromatic heterocycles. The van der Waals surface area contributed by atoms with Gasteiger partial charge in [0, 0.05) is 17.4 Å². The topological polar surface area (TPSA) is 49.4 Å². The van der Waals surface area contributed by atoms with E-state index in [4.69, 9.17) is 11.6 Å². The van der Waals surface area contributed by atoms with Gasteiger partial charge in [-0.15, -0.1) is 0 Å². The number of carbonyl (C=O) groups is 2.